The fourth-order valence-electron chi connectivity index (χ4n) is 3.09. The SMILES string of the molecule is CCCC(Cc1nnc(Nc2cccc3ccccc23)[se]1)NC(=O)OC(C)(C)C. The molecule has 1 unspecified atom stereocenters. The molecule has 6 nitrogen and oxygen atoms in total. The number of rotatable bonds is 7. The van der Waals surface area contributed by atoms with E-state index in [1.807, 2.05) is 39.0 Å². The number of hydrogen-bond donors (Lipinski definition) is 2. The molecule has 1 amide bonds. The molecule has 7 heteroatoms. The van der Waals surface area contributed by atoms with Crippen LogP contribution >= 0.6 is 0 Å². The monoisotopic (exact) mass is 460 g/mol. The Hall–Kier alpha value is -2.37. The van der Waals surface area contributed by atoms with Crippen molar-refractivity contribution in [2.45, 2.75) is 58.6 Å². The van der Waals surface area contributed by atoms with Gasteiger partial charge in [0.15, 0.2) is 0 Å². The molecule has 0 aliphatic carbocycles. The van der Waals surface area contributed by atoms with E-state index < -0.39 is 5.60 Å². The third-order valence-corrected chi connectivity index (χ3v) is 6.08. The zero-order valence-corrected chi connectivity index (χ0v) is 19.1. The number of amides is 1. The minimum absolute atomic E-state index is 0.00239. The van der Waals surface area contributed by atoms with Crippen LogP contribution in [0.4, 0.5) is 15.2 Å². The van der Waals surface area contributed by atoms with Crippen LogP contribution in [-0.2, 0) is 11.2 Å². The summed E-state index contributed by atoms with van der Waals surface area (Å²) >= 11 is 0.0124. The number of ether oxygens (including phenoxy) is 1. The Balaban J connectivity index is 1.67. The zero-order chi connectivity index (χ0) is 20.9. The molecule has 29 heavy (non-hydrogen) atoms. The van der Waals surface area contributed by atoms with E-state index in [0.29, 0.717) is 6.42 Å². The average Bonchev–Trinajstić information content (AvgIpc) is 3.07. The van der Waals surface area contributed by atoms with Crippen LogP contribution in [0.2, 0.25) is 0 Å². The number of benzene rings is 2. The molecule has 0 aliphatic heterocycles. The summed E-state index contributed by atoms with van der Waals surface area (Å²) in [5.41, 5.74) is 0.533. The summed E-state index contributed by atoms with van der Waals surface area (Å²) in [6.45, 7) is 7.70. The molecule has 3 aromatic rings. The second-order valence-corrected chi connectivity index (χ2v) is 10.2. The molecule has 0 fully saturated rings. The van der Waals surface area contributed by atoms with Crippen molar-refractivity contribution in [2.75, 3.05) is 5.32 Å². The van der Waals surface area contributed by atoms with Crippen molar-refractivity contribution < 1.29 is 9.53 Å². The molecule has 1 atom stereocenters. The third-order valence-electron chi connectivity index (χ3n) is 4.28. The molecular formula is C22H28N4O2Se. The third kappa shape index (κ3) is 6.31. The molecular weight excluding hydrogens is 431 g/mol. The van der Waals surface area contributed by atoms with Gasteiger partial charge in [-0.3, -0.25) is 0 Å². The number of aromatic nitrogens is 2. The van der Waals surface area contributed by atoms with Gasteiger partial charge in [-0.2, -0.15) is 0 Å². The Labute approximate surface area is 177 Å². The first-order valence-corrected chi connectivity index (χ1v) is 11.6. The Morgan fingerprint density at radius 3 is 2.66 bits per heavy atom. The second kappa shape index (κ2) is 9.42. The number of nitrogens with zero attached hydrogens (tertiary/aromatic N) is 2. The number of nitrogens with one attached hydrogen (secondary N) is 2. The number of alkyl carbamates (subject to hydrolysis) is 1. The predicted octanol–water partition coefficient (Wildman–Crippen LogP) is 4.67. The van der Waals surface area contributed by atoms with E-state index >= 15 is 0 Å². The van der Waals surface area contributed by atoms with E-state index in [4.69, 9.17) is 4.74 Å². The Morgan fingerprint density at radius 1 is 1.14 bits per heavy atom. The number of carbonyl (C=O) groups is 1. The number of carbonyl (C=O) groups excluding carboxylic acids is 1. The summed E-state index contributed by atoms with van der Waals surface area (Å²) in [7, 11) is 0. The molecule has 2 aromatic carbocycles. The van der Waals surface area contributed by atoms with Gasteiger partial charge < -0.3 is 0 Å². The van der Waals surface area contributed by atoms with Crippen molar-refractivity contribution in [3.8, 4) is 0 Å². The van der Waals surface area contributed by atoms with Gasteiger partial charge in [0.2, 0.25) is 0 Å². The normalized spacial score (nSPS) is 12.6. The quantitative estimate of drug-likeness (QED) is 0.503. The van der Waals surface area contributed by atoms with E-state index in [-0.39, 0.29) is 26.6 Å². The van der Waals surface area contributed by atoms with Crippen LogP contribution in [0.1, 0.15) is 45.1 Å². The van der Waals surface area contributed by atoms with Gasteiger partial charge in [0, 0.05) is 0 Å². The van der Waals surface area contributed by atoms with E-state index in [2.05, 4.69) is 52.0 Å². The maximum absolute atomic E-state index is 12.1. The van der Waals surface area contributed by atoms with Gasteiger partial charge in [-0.25, -0.2) is 0 Å². The van der Waals surface area contributed by atoms with Gasteiger partial charge in [-0.05, 0) is 0 Å². The predicted molar refractivity (Wildman–Crippen MR) is 118 cm³/mol. The van der Waals surface area contributed by atoms with E-state index in [1.54, 1.807) is 0 Å². The molecule has 2 N–H and O–H groups in total. The molecule has 1 aromatic heterocycles. The van der Waals surface area contributed by atoms with Gasteiger partial charge in [-0.15, -0.1) is 0 Å². The van der Waals surface area contributed by atoms with Crippen molar-refractivity contribution in [2.24, 2.45) is 0 Å². The average molecular weight is 459 g/mol. The van der Waals surface area contributed by atoms with Gasteiger partial charge in [0.05, 0.1) is 0 Å². The van der Waals surface area contributed by atoms with Crippen LogP contribution in [-0.4, -0.2) is 42.4 Å². The van der Waals surface area contributed by atoms with Crippen molar-refractivity contribution >= 4 is 41.7 Å². The second-order valence-electron chi connectivity index (χ2n) is 7.99. The molecule has 0 aliphatic rings. The number of hydrogen-bond acceptors (Lipinski definition) is 5. The Morgan fingerprint density at radius 2 is 1.90 bits per heavy atom. The molecule has 0 saturated carbocycles. The van der Waals surface area contributed by atoms with Gasteiger partial charge in [-0.1, -0.05) is 0 Å². The summed E-state index contributed by atoms with van der Waals surface area (Å²) < 4.78 is 7.30. The number of fused-ring (bicyclic) bond motifs is 1. The fourth-order valence-corrected chi connectivity index (χ4v) is 4.84. The Bertz CT molecular complexity index is 959. The topological polar surface area (TPSA) is 76.1 Å². The Kier molecular flexibility index (Phi) is 6.93. The van der Waals surface area contributed by atoms with Crippen molar-refractivity contribution in [1.82, 2.24) is 15.5 Å². The fraction of sp³-hybridized carbons (Fsp3) is 0.409. The zero-order valence-electron chi connectivity index (χ0n) is 17.4. The van der Waals surface area contributed by atoms with Gasteiger partial charge in [0.1, 0.15) is 0 Å². The molecule has 0 spiro atoms. The molecule has 0 bridgehead atoms. The van der Waals surface area contributed by atoms with Crippen LogP contribution in [0.5, 0.6) is 0 Å². The van der Waals surface area contributed by atoms with Crippen LogP contribution in [0.25, 0.3) is 10.8 Å². The summed E-state index contributed by atoms with van der Waals surface area (Å²) in [6, 6.07) is 14.5. The standard InChI is InChI=1S/C22H28N4O2Se/c1-5-9-16(23-21(27)28-22(2,3)4)14-19-25-26-20(29-19)24-18-13-8-11-15-10-6-7-12-17(15)18/h6-8,10-13,16H,5,9,14H2,1-4H3,(H,23,27)(H,24,26). The summed E-state index contributed by atoms with van der Waals surface area (Å²) in [6.07, 6.45) is 2.16. The summed E-state index contributed by atoms with van der Waals surface area (Å²) in [5.74, 6) is 0. The van der Waals surface area contributed by atoms with E-state index in [9.17, 15) is 4.79 Å². The first kappa shape index (κ1) is 21.3. The van der Waals surface area contributed by atoms with Crippen LogP contribution < -0.4 is 10.6 Å². The number of anilines is 2. The van der Waals surface area contributed by atoms with Crippen molar-refractivity contribution in [3.63, 3.8) is 0 Å². The first-order valence-electron chi connectivity index (χ1n) is 9.91. The first-order chi connectivity index (χ1) is 13.8. The maximum atomic E-state index is 12.1. The van der Waals surface area contributed by atoms with Crippen molar-refractivity contribution in [1.29, 1.82) is 0 Å². The van der Waals surface area contributed by atoms with Crippen LogP contribution in [0.15, 0.2) is 42.5 Å². The van der Waals surface area contributed by atoms with Crippen LogP contribution in [0.3, 0.4) is 0 Å². The molecule has 154 valence electrons. The molecule has 1 heterocycles. The summed E-state index contributed by atoms with van der Waals surface area (Å²) in [4.78, 5) is 12.1. The summed E-state index contributed by atoms with van der Waals surface area (Å²) in [5, 5.41) is 17.5. The van der Waals surface area contributed by atoms with Crippen molar-refractivity contribution in [3.05, 3.63) is 47.0 Å². The van der Waals surface area contributed by atoms with Gasteiger partial charge >= 0.3 is 178 Å². The van der Waals surface area contributed by atoms with E-state index in [1.165, 1.54) is 5.39 Å². The van der Waals surface area contributed by atoms with Gasteiger partial charge in [0.25, 0.3) is 0 Å². The van der Waals surface area contributed by atoms with Crippen LogP contribution in [0, 0.1) is 0 Å². The van der Waals surface area contributed by atoms with E-state index in [0.717, 1.165) is 33.2 Å². The molecule has 3 rings (SSSR count). The minimum atomic E-state index is -0.506. The molecule has 0 radical (unpaired) electrons. The molecule has 0 saturated heterocycles.